The quantitative estimate of drug-likeness (QED) is 0.731. The van der Waals surface area contributed by atoms with Crippen LogP contribution in [0.15, 0.2) is 12.4 Å². The lowest BCUT2D eigenvalue weighted by molar-refractivity contribution is 0.409. The average molecular weight is 224 g/mol. The van der Waals surface area contributed by atoms with Crippen LogP contribution < -0.4 is 0 Å². The van der Waals surface area contributed by atoms with Gasteiger partial charge in [0.15, 0.2) is 5.65 Å². The smallest absolute Gasteiger partial charge is 0.154 e. The number of nitriles is 1. The summed E-state index contributed by atoms with van der Waals surface area (Å²) in [5.74, 6) is 3.05. The first kappa shape index (κ1) is 9.99. The zero-order chi connectivity index (χ0) is 11.8. The maximum Gasteiger partial charge on any atom is 0.154 e. The second kappa shape index (κ2) is 3.68. The van der Waals surface area contributed by atoms with Crippen LogP contribution in [-0.4, -0.2) is 14.2 Å². The van der Waals surface area contributed by atoms with Crippen molar-refractivity contribution < 1.29 is 0 Å². The molecule has 0 radical (unpaired) electrons. The van der Waals surface area contributed by atoms with Gasteiger partial charge in [0.05, 0.1) is 12.2 Å². The van der Waals surface area contributed by atoms with Gasteiger partial charge in [0.25, 0.3) is 0 Å². The van der Waals surface area contributed by atoms with E-state index in [1.165, 1.54) is 6.42 Å². The lowest BCUT2D eigenvalue weighted by Gasteiger charge is -2.23. The van der Waals surface area contributed by atoms with E-state index in [1.54, 1.807) is 4.52 Å². The fourth-order valence-electron chi connectivity index (χ4n) is 2.34. The molecular formula is C13H12N4. The number of rotatable bonds is 2. The summed E-state index contributed by atoms with van der Waals surface area (Å²) >= 11 is 0. The molecule has 4 heteroatoms. The van der Waals surface area contributed by atoms with Gasteiger partial charge in [0.2, 0.25) is 0 Å². The molecule has 0 spiro atoms. The Kier molecular flexibility index (Phi) is 2.16. The second-order valence-electron chi connectivity index (χ2n) is 4.40. The first-order valence-corrected chi connectivity index (χ1v) is 5.76. The standard InChI is InChI=1S/C13H12N4/c1-2-6-16-7-8-17-13(16)11(9-14)12(15-17)10-4-3-5-10/h1,7-8,10H,3-6H2. The van der Waals surface area contributed by atoms with E-state index in [1.807, 2.05) is 17.0 Å². The van der Waals surface area contributed by atoms with Crippen LogP contribution in [0.5, 0.6) is 0 Å². The summed E-state index contributed by atoms with van der Waals surface area (Å²) in [4.78, 5) is 0. The van der Waals surface area contributed by atoms with Crippen LogP contribution in [0.3, 0.4) is 0 Å². The van der Waals surface area contributed by atoms with Crippen molar-refractivity contribution in [3.8, 4) is 18.4 Å². The first-order valence-electron chi connectivity index (χ1n) is 5.76. The molecule has 0 aromatic carbocycles. The Balaban J connectivity index is 2.19. The van der Waals surface area contributed by atoms with Crippen molar-refractivity contribution in [3.05, 3.63) is 23.7 Å². The SMILES string of the molecule is C#CCn1ccn2nc(C3CCC3)c(C#N)c12. The van der Waals surface area contributed by atoms with E-state index in [0.29, 0.717) is 18.0 Å². The third-order valence-corrected chi connectivity index (χ3v) is 3.44. The van der Waals surface area contributed by atoms with Crippen molar-refractivity contribution in [3.63, 3.8) is 0 Å². The number of aromatic nitrogens is 3. The normalized spacial score (nSPS) is 15.4. The van der Waals surface area contributed by atoms with Gasteiger partial charge in [-0.2, -0.15) is 10.4 Å². The van der Waals surface area contributed by atoms with E-state index < -0.39 is 0 Å². The molecule has 0 amide bonds. The summed E-state index contributed by atoms with van der Waals surface area (Å²) in [5.41, 5.74) is 2.46. The predicted octanol–water partition coefficient (Wildman–Crippen LogP) is 1.91. The minimum atomic E-state index is 0.462. The van der Waals surface area contributed by atoms with Crippen molar-refractivity contribution in [2.24, 2.45) is 0 Å². The number of fused-ring (bicyclic) bond motifs is 1. The Hall–Kier alpha value is -2.20. The van der Waals surface area contributed by atoms with Gasteiger partial charge in [-0.05, 0) is 12.8 Å². The molecule has 84 valence electrons. The summed E-state index contributed by atoms with van der Waals surface area (Å²) in [6.45, 7) is 0.473. The van der Waals surface area contributed by atoms with Gasteiger partial charge >= 0.3 is 0 Å². The van der Waals surface area contributed by atoms with Crippen molar-refractivity contribution in [2.75, 3.05) is 0 Å². The minimum absolute atomic E-state index is 0.462. The van der Waals surface area contributed by atoms with E-state index in [4.69, 9.17) is 6.42 Å². The van der Waals surface area contributed by atoms with Crippen LogP contribution in [0, 0.1) is 23.7 Å². The lowest BCUT2D eigenvalue weighted by atomic mass is 9.82. The molecule has 0 bridgehead atoms. The van der Waals surface area contributed by atoms with E-state index >= 15 is 0 Å². The third-order valence-electron chi connectivity index (χ3n) is 3.44. The number of terminal acetylenes is 1. The summed E-state index contributed by atoms with van der Waals surface area (Å²) in [6, 6.07) is 2.28. The summed E-state index contributed by atoms with van der Waals surface area (Å²) < 4.78 is 3.66. The average Bonchev–Trinajstić information content (AvgIpc) is 2.77. The molecule has 1 fully saturated rings. The molecule has 2 aromatic heterocycles. The summed E-state index contributed by atoms with van der Waals surface area (Å²) in [6.07, 6.45) is 12.6. The Morgan fingerprint density at radius 3 is 2.88 bits per heavy atom. The van der Waals surface area contributed by atoms with Crippen LogP contribution in [0.4, 0.5) is 0 Å². The van der Waals surface area contributed by atoms with Gasteiger partial charge in [-0.15, -0.1) is 6.42 Å². The monoisotopic (exact) mass is 224 g/mol. The Bertz CT molecular complexity index is 643. The van der Waals surface area contributed by atoms with Gasteiger partial charge in [-0.1, -0.05) is 12.3 Å². The highest BCUT2D eigenvalue weighted by Crippen LogP contribution is 2.38. The molecule has 2 aromatic rings. The predicted molar refractivity (Wildman–Crippen MR) is 63.3 cm³/mol. The summed E-state index contributed by atoms with van der Waals surface area (Å²) in [7, 11) is 0. The fourth-order valence-corrected chi connectivity index (χ4v) is 2.34. The van der Waals surface area contributed by atoms with Crippen LogP contribution in [0.25, 0.3) is 5.65 Å². The Morgan fingerprint density at radius 2 is 2.29 bits per heavy atom. The second-order valence-corrected chi connectivity index (χ2v) is 4.40. The molecule has 3 rings (SSSR count). The Labute approximate surface area is 99.5 Å². The number of imidazole rings is 1. The largest absolute Gasteiger partial charge is 0.319 e. The number of nitrogens with zero attached hydrogens (tertiary/aromatic N) is 4. The van der Waals surface area contributed by atoms with E-state index in [2.05, 4.69) is 17.1 Å². The summed E-state index contributed by atoms with van der Waals surface area (Å²) in [5, 5.41) is 13.8. The zero-order valence-electron chi connectivity index (χ0n) is 9.43. The molecule has 1 aliphatic carbocycles. The van der Waals surface area contributed by atoms with Gasteiger partial charge in [0.1, 0.15) is 11.6 Å². The molecule has 0 aliphatic heterocycles. The molecule has 2 heterocycles. The van der Waals surface area contributed by atoms with E-state index in [0.717, 1.165) is 24.2 Å². The van der Waals surface area contributed by atoms with Crippen molar-refractivity contribution in [2.45, 2.75) is 31.7 Å². The van der Waals surface area contributed by atoms with Gasteiger partial charge in [-0.25, -0.2) is 4.52 Å². The molecule has 0 saturated heterocycles. The van der Waals surface area contributed by atoms with Gasteiger partial charge < -0.3 is 4.57 Å². The topological polar surface area (TPSA) is 46.0 Å². The van der Waals surface area contributed by atoms with Crippen LogP contribution >= 0.6 is 0 Å². The highest BCUT2D eigenvalue weighted by molar-refractivity contribution is 5.60. The van der Waals surface area contributed by atoms with Crippen LogP contribution in [-0.2, 0) is 6.54 Å². The molecular weight excluding hydrogens is 212 g/mol. The zero-order valence-corrected chi connectivity index (χ0v) is 9.43. The number of hydrogen-bond donors (Lipinski definition) is 0. The molecule has 0 unspecified atom stereocenters. The minimum Gasteiger partial charge on any atom is -0.319 e. The molecule has 0 atom stereocenters. The van der Waals surface area contributed by atoms with E-state index in [-0.39, 0.29) is 0 Å². The van der Waals surface area contributed by atoms with Crippen molar-refractivity contribution in [1.29, 1.82) is 5.26 Å². The highest BCUT2D eigenvalue weighted by atomic mass is 15.3. The fraction of sp³-hybridized carbons (Fsp3) is 0.385. The molecule has 17 heavy (non-hydrogen) atoms. The molecule has 4 nitrogen and oxygen atoms in total. The van der Waals surface area contributed by atoms with E-state index in [9.17, 15) is 5.26 Å². The van der Waals surface area contributed by atoms with Crippen LogP contribution in [0.2, 0.25) is 0 Å². The lowest BCUT2D eigenvalue weighted by Crippen LogP contribution is -2.10. The molecule has 1 aliphatic rings. The third kappa shape index (κ3) is 1.34. The van der Waals surface area contributed by atoms with Gasteiger partial charge in [0, 0.05) is 18.3 Å². The van der Waals surface area contributed by atoms with Crippen molar-refractivity contribution in [1.82, 2.24) is 14.2 Å². The number of hydrogen-bond acceptors (Lipinski definition) is 2. The Morgan fingerprint density at radius 1 is 1.47 bits per heavy atom. The van der Waals surface area contributed by atoms with Gasteiger partial charge in [-0.3, -0.25) is 0 Å². The maximum absolute atomic E-state index is 9.32. The van der Waals surface area contributed by atoms with Crippen molar-refractivity contribution >= 4 is 5.65 Å². The van der Waals surface area contributed by atoms with Crippen LogP contribution in [0.1, 0.15) is 36.4 Å². The first-order chi connectivity index (χ1) is 8.35. The highest BCUT2D eigenvalue weighted by Gasteiger charge is 2.27. The molecule has 1 saturated carbocycles. The maximum atomic E-state index is 9.32. The molecule has 0 N–H and O–H groups in total.